The molecule has 2 amide bonds. The molecule has 5 nitrogen and oxygen atoms in total. The van der Waals surface area contributed by atoms with E-state index < -0.39 is 17.8 Å². The molecule has 2 aliphatic rings. The minimum Gasteiger partial charge on any atom is -0.324 e. The summed E-state index contributed by atoms with van der Waals surface area (Å²) in [6.45, 7) is 0. The Morgan fingerprint density at radius 2 is 1.48 bits per heavy atom. The second-order valence-corrected chi connectivity index (χ2v) is 8.25. The number of benzene rings is 2. The number of hydrogen-bond donors (Lipinski definition) is 0. The van der Waals surface area contributed by atoms with E-state index in [0.717, 1.165) is 17.1 Å². The van der Waals surface area contributed by atoms with Gasteiger partial charge in [-0.05, 0) is 29.8 Å². The van der Waals surface area contributed by atoms with Crippen molar-refractivity contribution in [1.82, 2.24) is 5.06 Å². The van der Waals surface area contributed by atoms with Gasteiger partial charge in [0.15, 0.2) is 0 Å². The summed E-state index contributed by atoms with van der Waals surface area (Å²) >= 11 is 3.76. The van der Waals surface area contributed by atoms with Crippen molar-refractivity contribution in [3.63, 3.8) is 0 Å². The van der Waals surface area contributed by atoms with Gasteiger partial charge in [0.1, 0.15) is 0 Å². The zero-order valence-electron chi connectivity index (χ0n) is 13.0. The Labute approximate surface area is 152 Å². The number of imide groups is 1. The molecule has 0 aliphatic carbocycles. The molecular formula is C18H13NO4S2. The van der Waals surface area contributed by atoms with Gasteiger partial charge in [-0.25, -0.2) is 4.79 Å². The number of hydrogen-bond acceptors (Lipinski definition) is 6. The van der Waals surface area contributed by atoms with E-state index in [1.54, 1.807) is 24.3 Å². The topological polar surface area (TPSA) is 63.7 Å². The first-order chi connectivity index (χ1) is 12.1. The predicted octanol–water partition coefficient (Wildman–Crippen LogP) is 3.53. The van der Waals surface area contributed by atoms with E-state index in [9.17, 15) is 14.4 Å². The van der Waals surface area contributed by atoms with Crippen molar-refractivity contribution in [1.29, 1.82) is 0 Å². The van der Waals surface area contributed by atoms with Gasteiger partial charge in [-0.15, -0.1) is 23.5 Å². The summed E-state index contributed by atoms with van der Waals surface area (Å²) in [5.41, 5.74) is 1.93. The molecule has 2 heterocycles. The van der Waals surface area contributed by atoms with Crippen LogP contribution < -0.4 is 0 Å². The third-order valence-electron chi connectivity index (χ3n) is 3.97. The van der Waals surface area contributed by atoms with Crippen LogP contribution in [0.5, 0.6) is 0 Å². The summed E-state index contributed by atoms with van der Waals surface area (Å²) in [7, 11) is 0. The van der Waals surface area contributed by atoms with Crippen molar-refractivity contribution >= 4 is 41.3 Å². The highest BCUT2D eigenvalue weighted by Crippen LogP contribution is 2.45. The SMILES string of the molecule is O=C(ON1C(=O)c2ccccc2C1=O)c1ccc(C2SCCS2)cc1. The van der Waals surface area contributed by atoms with E-state index in [1.807, 2.05) is 35.7 Å². The number of hydroxylamine groups is 2. The molecule has 0 bridgehead atoms. The molecule has 2 aromatic carbocycles. The number of nitrogens with zero attached hydrogens (tertiary/aromatic N) is 1. The average molecular weight is 371 g/mol. The van der Waals surface area contributed by atoms with E-state index in [4.69, 9.17) is 4.84 Å². The number of carbonyl (C=O) groups is 3. The van der Waals surface area contributed by atoms with Gasteiger partial charge in [-0.2, -0.15) is 0 Å². The van der Waals surface area contributed by atoms with Gasteiger partial charge < -0.3 is 4.84 Å². The predicted molar refractivity (Wildman–Crippen MR) is 96.5 cm³/mol. The molecule has 0 aromatic heterocycles. The first-order valence-corrected chi connectivity index (χ1v) is 9.78. The van der Waals surface area contributed by atoms with Crippen LogP contribution in [-0.2, 0) is 4.84 Å². The van der Waals surface area contributed by atoms with Crippen LogP contribution in [0, 0.1) is 0 Å². The lowest BCUT2D eigenvalue weighted by Crippen LogP contribution is -2.32. The van der Waals surface area contributed by atoms with Crippen molar-refractivity contribution in [2.45, 2.75) is 4.58 Å². The van der Waals surface area contributed by atoms with E-state index in [1.165, 1.54) is 12.1 Å². The van der Waals surface area contributed by atoms with Gasteiger partial charge in [-0.3, -0.25) is 9.59 Å². The fraction of sp³-hybridized carbons (Fsp3) is 0.167. The standard InChI is InChI=1S/C18H13NO4S2/c20-15-13-3-1-2-4-14(13)16(21)19(15)23-17(22)11-5-7-12(8-6-11)18-24-9-10-25-18/h1-8,18H,9-10H2. The van der Waals surface area contributed by atoms with E-state index in [-0.39, 0.29) is 11.1 Å². The van der Waals surface area contributed by atoms with Crippen LogP contribution in [-0.4, -0.2) is 34.4 Å². The third-order valence-corrected chi connectivity index (χ3v) is 7.08. The quantitative estimate of drug-likeness (QED) is 0.769. The van der Waals surface area contributed by atoms with Gasteiger partial charge in [0, 0.05) is 11.5 Å². The monoisotopic (exact) mass is 371 g/mol. The third kappa shape index (κ3) is 2.94. The van der Waals surface area contributed by atoms with Crippen LogP contribution in [0.2, 0.25) is 0 Å². The molecule has 1 saturated heterocycles. The van der Waals surface area contributed by atoms with Crippen molar-refractivity contribution in [2.75, 3.05) is 11.5 Å². The highest BCUT2D eigenvalue weighted by molar-refractivity contribution is 8.19. The maximum Gasteiger partial charge on any atom is 0.363 e. The minimum absolute atomic E-state index is 0.242. The van der Waals surface area contributed by atoms with Crippen LogP contribution in [0.1, 0.15) is 41.2 Å². The number of thioether (sulfide) groups is 2. The zero-order valence-corrected chi connectivity index (χ0v) is 14.6. The molecular weight excluding hydrogens is 358 g/mol. The summed E-state index contributed by atoms with van der Waals surface area (Å²) in [4.78, 5) is 41.8. The van der Waals surface area contributed by atoms with Crippen LogP contribution in [0.4, 0.5) is 0 Å². The van der Waals surface area contributed by atoms with Crippen molar-refractivity contribution in [3.8, 4) is 0 Å². The molecule has 4 rings (SSSR count). The van der Waals surface area contributed by atoms with Gasteiger partial charge in [0.2, 0.25) is 0 Å². The first-order valence-electron chi connectivity index (χ1n) is 7.68. The Morgan fingerprint density at radius 1 is 0.920 bits per heavy atom. The van der Waals surface area contributed by atoms with Crippen LogP contribution in [0.25, 0.3) is 0 Å². The highest BCUT2D eigenvalue weighted by atomic mass is 32.2. The number of carbonyl (C=O) groups excluding carboxylic acids is 3. The molecule has 2 aromatic rings. The van der Waals surface area contributed by atoms with Crippen molar-refractivity contribution < 1.29 is 19.2 Å². The molecule has 2 aliphatic heterocycles. The van der Waals surface area contributed by atoms with Gasteiger partial charge in [-0.1, -0.05) is 29.3 Å². The molecule has 0 spiro atoms. The number of amides is 2. The lowest BCUT2D eigenvalue weighted by molar-refractivity contribution is -0.0584. The fourth-order valence-electron chi connectivity index (χ4n) is 2.71. The van der Waals surface area contributed by atoms with Crippen LogP contribution in [0.15, 0.2) is 48.5 Å². The molecule has 7 heteroatoms. The Hall–Kier alpha value is -2.25. The number of rotatable bonds is 3. The summed E-state index contributed by atoms with van der Waals surface area (Å²) in [5.74, 6) is 0.277. The minimum atomic E-state index is -0.729. The highest BCUT2D eigenvalue weighted by Gasteiger charge is 2.38. The summed E-state index contributed by atoms with van der Waals surface area (Å²) in [6.07, 6.45) is 0. The normalized spacial score (nSPS) is 17.0. The lowest BCUT2D eigenvalue weighted by Gasteiger charge is -2.13. The molecule has 0 atom stereocenters. The van der Waals surface area contributed by atoms with Crippen molar-refractivity contribution in [2.24, 2.45) is 0 Å². The maximum atomic E-state index is 12.3. The molecule has 0 N–H and O–H groups in total. The second-order valence-electron chi connectivity index (χ2n) is 5.52. The van der Waals surface area contributed by atoms with Gasteiger partial charge in [0.05, 0.1) is 21.3 Å². The number of fused-ring (bicyclic) bond motifs is 1. The first kappa shape index (κ1) is 16.2. The molecule has 0 saturated carbocycles. The molecule has 25 heavy (non-hydrogen) atoms. The second kappa shape index (κ2) is 6.57. The lowest BCUT2D eigenvalue weighted by atomic mass is 10.1. The Morgan fingerprint density at radius 3 is 2.04 bits per heavy atom. The molecule has 1 fully saturated rings. The smallest absolute Gasteiger partial charge is 0.324 e. The van der Waals surface area contributed by atoms with E-state index in [2.05, 4.69) is 0 Å². The van der Waals surface area contributed by atoms with E-state index in [0.29, 0.717) is 15.2 Å². The average Bonchev–Trinajstić information content (AvgIpc) is 3.26. The largest absolute Gasteiger partial charge is 0.363 e. The summed E-state index contributed by atoms with van der Waals surface area (Å²) in [5, 5.41) is 0.531. The van der Waals surface area contributed by atoms with Crippen LogP contribution >= 0.6 is 23.5 Å². The Bertz CT molecular complexity index is 825. The van der Waals surface area contributed by atoms with Gasteiger partial charge in [0.25, 0.3) is 11.8 Å². The summed E-state index contributed by atoms with van der Waals surface area (Å²) < 4.78 is 0.390. The maximum absolute atomic E-state index is 12.3. The molecule has 126 valence electrons. The fourth-order valence-corrected chi connectivity index (χ4v) is 5.57. The van der Waals surface area contributed by atoms with Gasteiger partial charge >= 0.3 is 5.97 Å². The Kier molecular flexibility index (Phi) is 4.27. The zero-order chi connectivity index (χ0) is 17.4. The molecule has 0 radical (unpaired) electrons. The van der Waals surface area contributed by atoms with Crippen LogP contribution in [0.3, 0.4) is 0 Å². The molecule has 0 unspecified atom stereocenters. The summed E-state index contributed by atoms with van der Waals surface area (Å²) in [6, 6.07) is 13.5. The van der Waals surface area contributed by atoms with E-state index >= 15 is 0 Å². The Balaban J connectivity index is 1.49. The van der Waals surface area contributed by atoms with Crippen molar-refractivity contribution in [3.05, 3.63) is 70.8 Å².